The molecule has 24 heavy (non-hydrogen) atoms. The molecule has 0 saturated heterocycles. The van der Waals surface area contributed by atoms with Crippen LogP contribution >= 0.6 is 23.7 Å². The van der Waals surface area contributed by atoms with Gasteiger partial charge in [0.05, 0.1) is 18.1 Å². The fourth-order valence-electron chi connectivity index (χ4n) is 2.79. The van der Waals surface area contributed by atoms with Crippen molar-refractivity contribution in [2.45, 2.75) is 19.4 Å². The maximum atomic E-state index is 12.8. The molecule has 0 unspecified atom stereocenters. The Balaban J connectivity index is 0.00000208. The van der Waals surface area contributed by atoms with Crippen molar-refractivity contribution >= 4 is 29.7 Å². The molecular weight excluding hydrogens is 344 g/mol. The van der Waals surface area contributed by atoms with E-state index in [4.69, 9.17) is 10.5 Å². The Morgan fingerprint density at radius 3 is 2.75 bits per heavy atom. The fraction of sp³-hybridized carbons (Fsp3) is 0.389. The van der Waals surface area contributed by atoms with Crippen LogP contribution in [0.4, 0.5) is 0 Å². The van der Waals surface area contributed by atoms with Crippen molar-refractivity contribution < 1.29 is 9.53 Å². The first-order valence-electron chi connectivity index (χ1n) is 8.00. The summed E-state index contributed by atoms with van der Waals surface area (Å²) < 4.78 is 5.46. The molecule has 1 aliphatic heterocycles. The summed E-state index contributed by atoms with van der Waals surface area (Å²) in [5.74, 6) is 0.0887. The van der Waals surface area contributed by atoms with E-state index in [1.54, 1.807) is 11.3 Å². The quantitative estimate of drug-likeness (QED) is 0.855. The van der Waals surface area contributed by atoms with Crippen LogP contribution in [-0.2, 0) is 24.2 Å². The van der Waals surface area contributed by atoms with Gasteiger partial charge in [-0.2, -0.15) is 0 Å². The van der Waals surface area contributed by atoms with Crippen LogP contribution in [0, 0.1) is 0 Å². The lowest BCUT2D eigenvalue weighted by atomic mass is 10.1. The van der Waals surface area contributed by atoms with E-state index >= 15 is 0 Å². The van der Waals surface area contributed by atoms with Crippen molar-refractivity contribution in [3.05, 3.63) is 57.3 Å². The number of nitrogens with zero attached hydrogens (tertiary/aromatic N) is 1. The molecule has 2 heterocycles. The number of thiophene rings is 1. The van der Waals surface area contributed by atoms with Crippen LogP contribution in [0.15, 0.2) is 36.4 Å². The Hall–Kier alpha value is -1.40. The lowest BCUT2D eigenvalue weighted by molar-refractivity contribution is 0.0766. The number of benzene rings is 1. The van der Waals surface area contributed by atoms with Gasteiger partial charge in [0, 0.05) is 30.9 Å². The van der Waals surface area contributed by atoms with Crippen molar-refractivity contribution in [2.24, 2.45) is 5.73 Å². The number of halogens is 1. The number of hydrogen-bond acceptors (Lipinski definition) is 4. The second-order valence-corrected chi connectivity index (χ2v) is 6.81. The predicted molar refractivity (Wildman–Crippen MR) is 100 cm³/mol. The van der Waals surface area contributed by atoms with Crippen molar-refractivity contribution in [1.82, 2.24) is 4.90 Å². The van der Waals surface area contributed by atoms with Crippen molar-refractivity contribution in [3.8, 4) is 0 Å². The van der Waals surface area contributed by atoms with E-state index in [0.717, 1.165) is 24.3 Å². The predicted octanol–water partition coefficient (Wildman–Crippen LogP) is 2.89. The minimum absolute atomic E-state index is 0. The topological polar surface area (TPSA) is 55.6 Å². The molecular formula is C18H23ClN2O2S. The van der Waals surface area contributed by atoms with E-state index < -0.39 is 0 Å². The number of nitrogens with two attached hydrogens (primary N) is 1. The largest absolute Gasteiger partial charge is 0.376 e. The number of carbonyl (C=O) groups is 1. The molecule has 130 valence electrons. The van der Waals surface area contributed by atoms with Crippen molar-refractivity contribution in [2.75, 3.05) is 26.2 Å². The minimum Gasteiger partial charge on any atom is -0.376 e. The number of amides is 1. The van der Waals surface area contributed by atoms with E-state index in [1.807, 2.05) is 29.2 Å². The van der Waals surface area contributed by atoms with Gasteiger partial charge in [-0.25, -0.2) is 0 Å². The van der Waals surface area contributed by atoms with Gasteiger partial charge in [0.2, 0.25) is 0 Å². The summed E-state index contributed by atoms with van der Waals surface area (Å²) in [4.78, 5) is 16.8. The molecule has 0 bridgehead atoms. The number of fused-ring (bicyclic) bond motifs is 1. The molecule has 2 N–H and O–H groups in total. The van der Waals surface area contributed by atoms with Crippen LogP contribution in [0.3, 0.4) is 0 Å². The molecule has 0 saturated carbocycles. The highest BCUT2D eigenvalue weighted by Crippen LogP contribution is 2.27. The Morgan fingerprint density at radius 1 is 1.25 bits per heavy atom. The Kier molecular flexibility index (Phi) is 7.24. The van der Waals surface area contributed by atoms with Gasteiger partial charge < -0.3 is 15.4 Å². The summed E-state index contributed by atoms with van der Waals surface area (Å²) in [6, 6.07) is 12.2. The van der Waals surface area contributed by atoms with E-state index in [-0.39, 0.29) is 18.3 Å². The molecule has 3 rings (SSSR count). The highest BCUT2D eigenvalue weighted by Gasteiger charge is 2.21. The molecule has 0 fully saturated rings. The maximum Gasteiger partial charge on any atom is 0.263 e. The summed E-state index contributed by atoms with van der Waals surface area (Å²) in [5.41, 5.74) is 8.11. The molecule has 1 aliphatic rings. The van der Waals surface area contributed by atoms with E-state index in [2.05, 4.69) is 12.1 Å². The fourth-order valence-corrected chi connectivity index (χ4v) is 3.91. The van der Waals surface area contributed by atoms with Crippen LogP contribution in [0.25, 0.3) is 0 Å². The smallest absolute Gasteiger partial charge is 0.263 e. The first-order valence-corrected chi connectivity index (χ1v) is 8.82. The van der Waals surface area contributed by atoms with Gasteiger partial charge in [0.15, 0.2) is 0 Å². The highest BCUT2D eigenvalue weighted by molar-refractivity contribution is 7.14. The summed E-state index contributed by atoms with van der Waals surface area (Å²) in [6.07, 6.45) is 1.76. The van der Waals surface area contributed by atoms with E-state index in [9.17, 15) is 4.79 Å². The van der Waals surface area contributed by atoms with Crippen molar-refractivity contribution in [1.29, 1.82) is 0 Å². The summed E-state index contributed by atoms with van der Waals surface area (Å²) in [6.45, 7) is 3.14. The first kappa shape index (κ1) is 18.9. The number of carbonyl (C=O) groups excluding carboxylic acids is 1. The average Bonchev–Trinajstić information content (AvgIpc) is 3.03. The normalized spacial score (nSPS) is 13.0. The van der Waals surface area contributed by atoms with Crippen LogP contribution in [-0.4, -0.2) is 37.0 Å². The molecule has 1 amide bonds. The van der Waals surface area contributed by atoms with Crippen LogP contribution in [0.2, 0.25) is 0 Å². The summed E-state index contributed by atoms with van der Waals surface area (Å²) in [7, 11) is 0. The molecule has 0 aliphatic carbocycles. The number of hydrogen-bond donors (Lipinski definition) is 1. The van der Waals surface area contributed by atoms with Gasteiger partial charge in [-0.05, 0) is 23.6 Å². The molecule has 0 spiro atoms. The minimum atomic E-state index is 0. The van der Waals surface area contributed by atoms with Gasteiger partial charge in [0.1, 0.15) is 0 Å². The molecule has 0 radical (unpaired) electrons. The van der Waals surface area contributed by atoms with Crippen molar-refractivity contribution in [3.63, 3.8) is 0 Å². The monoisotopic (exact) mass is 366 g/mol. The highest BCUT2D eigenvalue weighted by atomic mass is 35.5. The second-order valence-electron chi connectivity index (χ2n) is 5.68. The number of rotatable bonds is 6. The van der Waals surface area contributed by atoms with E-state index in [0.29, 0.717) is 26.2 Å². The van der Waals surface area contributed by atoms with E-state index in [1.165, 1.54) is 16.0 Å². The molecule has 6 heteroatoms. The average molecular weight is 367 g/mol. The molecule has 1 aromatic carbocycles. The van der Waals surface area contributed by atoms with Crippen LogP contribution in [0.5, 0.6) is 0 Å². The van der Waals surface area contributed by atoms with Crippen LogP contribution < -0.4 is 5.73 Å². The molecule has 4 nitrogen and oxygen atoms in total. The SMILES string of the molecule is Cl.NCCN(CCc1ccccc1)C(=O)c1cc2c(s1)CCOC2. The zero-order valence-corrected chi connectivity index (χ0v) is 15.2. The Morgan fingerprint density at radius 2 is 2.04 bits per heavy atom. The van der Waals surface area contributed by atoms with Gasteiger partial charge in [-0.1, -0.05) is 30.3 Å². The number of ether oxygens (including phenoxy) is 1. The molecule has 0 atom stereocenters. The van der Waals surface area contributed by atoms with Crippen LogP contribution in [0.1, 0.15) is 25.7 Å². The summed E-state index contributed by atoms with van der Waals surface area (Å²) >= 11 is 1.61. The Labute approximate surface area is 153 Å². The summed E-state index contributed by atoms with van der Waals surface area (Å²) in [5, 5.41) is 0. The zero-order chi connectivity index (χ0) is 16.1. The standard InChI is InChI=1S/C18H22N2O2S.ClH/c19-8-10-20(9-6-14-4-2-1-3-5-14)18(21)17-12-15-13-22-11-7-16(15)23-17;/h1-5,12H,6-11,13,19H2;1H. The van der Waals surface area contributed by atoms with Gasteiger partial charge in [0.25, 0.3) is 5.91 Å². The lowest BCUT2D eigenvalue weighted by Crippen LogP contribution is -2.36. The lowest BCUT2D eigenvalue weighted by Gasteiger charge is -2.21. The third-order valence-electron chi connectivity index (χ3n) is 4.04. The third-order valence-corrected chi connectivity index (χ3v) is 5.26. The first-order chi connectivity index (χ1) is 11.3. The third kappa shape index (κ3) is 4.57. The van der Waals surface area contributed by atoms with Gasteiger partial charge >= 0.3 is 0 Å². The Bertz CT molecular complexity index is 637. The van der Waals surface area contributed by atoms with Gasteiger partial charge in [-0.15, -0.1) is 23.7 Å². The maximum absolute atomic E-state index is 12.8. The second kappa shape index (κ2) is 9.18. The zero-order valence-electron chi connectivity index (χ0n) is 13.6. The molecule has 2 aromatic rings. The molecule has 1 aromatic heterocycles. The van der Waals surface area contributed by atoms with Gasteiger partial charge in [-0.3, -0.25) is 4.79 Å².